The summed E-state index contributed by atoms with van der Waals surface area (Å²) in [5.41, 5.74) is 3.23. The number of hydrogen-bond acceptors (Lipinski definition) is 6. The molecule has 1 amide bonds. The molecule has 36 heavy (non-hydrogen) atoms. The summed E-state index contributed by atoms with van der Waals surface area (Å²) in [6.45, 7) is 3.10. The van der Waals surface area contributed by atoms with Crippen molar-refractivity contribution in [2.45, 2.75) is 38.1 Å². The monoisotopic (exact) mass is 524 g/mol. The molecule has 8 nitrogen and oxygen atoms in total. The summed E-state index contributed by atoms with van der Waals surface area (Å²) in [5.74, 6) is -3.04. The quantitative estimate of drug-likeness (QED) is 0.464. The molecule has 1 aliphatic heterocycles. The van der Waals surface area contributed by atoms with Gasteiger partial charge in [-0.25, -0.2) is 4.79 Å². The van der Waals surface area contributed by atoms with Crippen LogP contribution in [0.3, 0.4) is 0 Å². The predicted molar refractivity (Wildman–Crippen MR) is 128 cm³/mol. The molecule has 2 aromatic carbocycles. The van der Waals surface area contributed by atoms with Crippen molar-refractivity contribution < 1.29 is 33.0 Å². The molecule has 0 bridgehead atoms. The van der Waals surface area contributed by atoms with E-state index in [1.54, 1.807) is 29.2 Å². The number of fused-ring (bicyclic) bond motifs is 1. The van der Waals surface area contributed by atoms with Crippen molar-refractivity contribution in [2.24, 2.45) is 0 Å². The molecule has 192 valence electrons. The Morgan fingerprint density at radius 3 is 2.47 bits per heavy atom. The van der Waals surface area contributed by atoms with Gasteiger partial charge in [0, 0.05) is 35.2 Å². The van der Waals surface area contributed by atoms with E-state index in [0.717, 1.165) is 35.1 Å². The van der Waals surface area contributed by atoms with Crippen molar-refractivity contribution in [3.63, 3.8) is 0 Å². The zero-order valence-corrected chi connectivity index (χ0v) is 19.9. The van der Waals surface area contributed by atoms with Crippen molar-refractivity contribution in [3.8, 4) is 0 Å². The van der Waals surface area contributed by atoms with Gasteiger partial charge in [0.1, 0.15) is 0 Å². The molecular weight excluding hydrogens is 501 g/mol. The average molecular weight is 525 g/mol. The van der Waals surface area contributed by atoms with E-state index in [1.807, 2.05) is 31.2 Å². The van der Waals surface area contributed by atoms with Gasteiger partial charge in [0.05, 0.1) is 11.2 Å². The number of nitrogens with zero attached hydrogens (tertiary/aromatic N) is 3. The van der Waals surface area contributed by atoms with Crippen molar-refractivity contribution in [3.05, 3.63) is 64.8 Å². The van der Waals surface area contributed by atoms with Gasteiger partial charge in [0.2, 0.25) is 0 Å². The van der Waals surface area contributed by atoms with Gasteiger partial charge in [-0.2, -0.15) is 23.4 Å². The maximum atomic E-state index is 12.8. The lowest BCUT2D eigenvalue weighted by atomic mass is 10.0. The van der Waals surface area contributed by atoms with Crippen LogP contribution in [0.4, 0.5) is 18.9 Å². The number of aryl methyl sites for hydroxylation is 1. The van der Waals surface area contributed by atoms with Gasteiger partial charge in [0.25, 0.3) is 5.91 Å². The maximum Gasteiger partial charge on any atom is 0.490 e. The Bertz CT molecular complexity index is 1220. The van der Waals surface area contributed by atoms with Crippen LogP contribution < -0.4 is 5.32 Å². The summed E-state index contributed by atoms with van der Waals surface area (Å²) in [5, 5.41) is 31.2. The molecule has 1 fully saturated rings. The predicted octanol–water partition coefficient (Wildman–Crippen LogP) is 4.36. The van der Waals surface area contributed by atoms with Crippen LogP contribution in [0.25, 0.3) is 10.9 Å². The Balaban J connectivity index is 0.000000454. The van der Waals surface area contributed by atoms with E-state index in [2.05, 4.69) is 15.5 Å². The lowest BCUT2D eigenvalue weighted by molar-refractivity contribution is -0.192. The van der Waals surface area contributed by atoms with Gasteiger partial charge >= 0.3 is 12.1 Å². The maximum absolute atomic E-state index is 12.8. The molecular formula is C24H24ClF3N4O4. The smallest absolute Gasteiger partial charge is 0.475 e. The summed E-state index contributed by atoms with van der Waals surface area (Å²) in [4.78, 5) is 23.5. The molecule has 0 spiro atoms. The number of anilines is 1. The van der Waals surface area contributed by atoms with Gasteiger partial charge in [-0.3, -0.25) is 4.79 Å². The van der Waals surface area contributed by atoms with Crippen LogP contribution in [0.5, 0.6) is 0 Å². The number of likely N-dealkylation sites (tertiary alicyclic amines) is 1. The fraction of sp³-hybridized carbons (Fsp3) is 0.333. The fourth-order valence-corrected chi connectivity index (χ4v) is 3.89. The van der Waals surface area contributed by atoms with Gasteiger partial charge in [-0.05, 0) is 55.7 Å². The Hall–Kier alpha value is -3.44. The number of halogens is 4. The lowest BCUT2D eigenvalue weighted by Crippen LogP contribution is -2.46. The van der Waals surface area contributed by atoms with E-state index in [9.17, 15) is 23.1 Å². The van der Waals surface area contributed by atoms with E-state index < -0.39 is 18.2 Å². The molecule has 1 aromatic heterocycles. The molecule has 0 aliphatic carbocycles. The summed E-state index contributed by atoms with van der Waals surface area (Å²) in [6.07, 6.45) is -4.43. The van der Waals surface area contributed by atoms with Crippen LogP contribution in [0.2, 0.25) is 5.02 Å². The molecule has 0 saturated carbocycles. The normalized spacial score (nSPS) is 16.6. The number of nitrogens with one attached hydrogen (secondary N) is 1. The summed E-state index contributed by atoms with van der Waals surface area (Å²) in [7, 11) is 0. The summed E-state index contributed by atoms with van der Waals surface area (Å²) >= 11 is 5.90. The van der Waals surface area contributed by atoms with Crippen LogP contribution in [0, 0.1) is 6.92 Å². The number of hydrogen-bond donors (Lipinski definition) is 3. The van der Waals surface area contributed by atoms with E-state index in [-0.39, 0.29) is 11.9 Å². The van der Waals surface area contributed by atoms with E-state index in [4.69, 9.17) is 21.5 Å². The van der Waals surface area contributed by atoms with Crippen LogP contribution >= 0.6 is 11.6 Å². The van der Waals surface area contributed by atoms with Crippen LogP contribution in [-0.4, -0.2) is 62.5 Å². The van der Waals surface area contributed by atoms with Crippen LogP contribution in [-0.2, 0) is 9.59 Å². The standard InChI is InChI=1S/C22H23ClN4O2.C2HF3O2/c1-14-12-18-19(5-2-6-20(18)26-25-14)24-17-4-3-11-27(13-17)22(29)21(28)15-7-9-16(23)10-8-15;3-2(4,5)1(6)7/h2,5-10,12,17,21,24,28H,3-4,11,13H2,1H3;(H,6,7). The molecule has 4 rings (SSSR count). The van der Waals surface area contributed by atoms with E-state index in [0.29, 0.717) is 23.7 Å². The van der Waals surface area contributed by atoms with Gasteiger partial charge in [0.15, 0.2) is 6.10 Å². The number of amides is 1. The molecule has 12 heteroatoms. The van der Waals surface area contributed by atoms with E-state index in [1.165, 1.54) is 0 Å². The number of aliphatic hydroxyl groups is 1. The Kier molecular flexibility index (Phi) is 8.70. The number of benzene rings is 2. The van der Waals surface area contributed by atoms with Crippen molar-refractivity contribution in [2.75, 3.05) is 18.4 Å². The van der Waals surface area contributed by atoms with Gasteiger partial charge < -0.3 is 20.4 Å². The number of carbonyl (C=O) groups excluding carboxylic acids is 1. The number of carboxylic acids is 1. The second-order valence-electron chi connectivity index (χ2n) is 8.25. The first-order valence-corrected chi connectivity index (χ1v) is 11.4. The van der Waals surface area contributed by atoms with Crippen LogP contribution in [0.1, 0.15) is 30.2 Å². The highest BCUT2D eigenvalue weighted by atomic mass is 35.5. The highest BCUT2D eigenvalue weighted by Crippen LogP contribution is 2.26. The molecule has 2 atom stereocenters. The Morgan fingerprint density at radius 1 is 1.17 bits per heavy atom. The van der Waals surface area contributed by atoms with Crippen molar-refractivity contribution >= 4 is 40.1 Å². The molecule has 2 heterocycles. The number of aromatic nitrogens is 2. The largest absolute Gasteiger partial charge is 0.490 e. The molecule has 1 aliphatic rings. The molecule has 3 N–H and O–H groups in total. The zero-order valence-electron chi connectivity index (χ0n) is 19.2. The third-order valence-electron chi connectivity index (χ3n) is 5.51. The SMILES string of the molecule is Cc1cc2c(NC3CCCN(C(=O)C(O)c4ccc(Cl)cc4)C3)cccc2nn1.O=C(O)C(F)(F)F. The lowest BCUT2D eigenvalue weighted by Gasteiger charge is -2.35. The number of alkyl halides is 3. The number of piperidine rings is 1. The average Bonchev–Trinajstić information content (AvgIpc) is 2.84. The van der Waals surface area contributed by atoms with Crippen molar-refractivity contribution in [1.29, 1.82) is 0 Å². The number of rotatable bonds is 4. The molecule has 3 aromatic rings. The first-order chi connectivity index (χ1) is 17.0. The second-order valence-corrected chi connectivity index (χ2v) is 8.69. The second kappa shape index (κ2) is 11.5. The highest BCUT2D eigenvalue weighted by Gasteiger charge is 2.38. The summed E-state index contributed by atoms with van der Waals surface area (Å²) in [6, 6.07) is 14.8. The first kappa shape index (κ1) is 27.2. The molecule has 0 radical (unpaired) electrons. The highest BCUT2D eigenvalue weighted by molar-refractivity contribution is 6.30. The Labute approximate surface area is 209 Å². The van der Waals surface area contributed by atoms with Gasteiger partial charge in [-0.1, -0.05) is 29.8 Å². The fourth-order valence-electron chi connectivity index (χ4n) is 3.76. The van der Waals surface area contributed by atoms with Crippen LogP contribution in [0.15, 0.2) is 48.5 Å². The molecule has 1 saturated heterocycles. The minimum Gasteiger partial charge on any atom is -0.475 e. The minimum absolute atomic E-state index is 0.101. The summed E-state index contributed by atoms with van der Waals surface area (Å²) < 4.78 is 31.7. The third-order valence-corrected chi connectivity index (χ3v) is 5.76. The Morgan fingerprint density at radius 2 is 1.83 bits per heavy atom. The topological polar surface area (TPSA) is 116 Å². The number of aliphatic hydroxyl groups excluding tert-OH is 1. The van der Waals surface area contributed by atoms with Crippen molar-refractivity contribution in [1.82, 2.24) is 15.1 Å². The first-order valence-electron chi connectivity index (χ1n) is 11.0. The van der Waals surface area contributed by atoms with Gasteiger partial charge in [-0.15, -0.1) is 0 Å². The third kappa shape index (κ3) is 7.05. The molecule has 2 unspecified atom stereocenters. The number of carbonyl (C=O) groups is 2. The number of aliphatic carboxylic acids is 1. The number of carboxylic acid groups (broad SMARTS) is 1. The minimum atomic E-state index is -5.08. The van der Waals surface area contributed by atoms with E-state index >= 15 is 0 Å². The zero-order chi connectivity index (χ0) is 26.5.